The molecule has 0 aliphatic carbocycles. The summed E-state index contributed by atoms with van der Waals surface area (Å²) >= 11 is 11.7. The SMILES string of the molecule is CCOP([O-])(=S)SCc1ccc(Cl)cc1.[K+]. The average Bonchev–Trinajstić information content (AvgIpc) is 2.17. The molecule has 0 heterocycles. The molecule has 0 spiro atoms. The predicted octanol–water partition coefficient (Wildman–Crippen LogP) is 0.198. The van der Waals surface area contributed by atoms with Crippen LogP contribution in [0.5, 0.6) is 0 Å². The summed E-state index contributed by atoms with van der Waals surface area (Å²) in [6.07, 6.45) is 0. The molecule has 1 atom stereocenters. The fraction of sp³-hybridized carbons (Fsp3) is 0.333. The van der Waals surface area contributed by atoms with Gasteiger partial charge >= 0.3 is 51.4 Å². The van der Waals surface area contributed by atoms with Crippen LogP contribution in [-0.2, 0) is 22.1 Å². The summed E-state index contributed by atoms with van der Waals surface area (Å²) in [5.41, 5.74) is -1.87. The summed E-state index contributed by atoms with van der Waals surface area (Å²) in [5, 5.41) is 0.690. The second-order valence-electron chi connectivity index (χ2n) is 2.76. The van der Waals surface area contributed by atoms with Crippen molar-refractivity contribution in [3.8, 4) is 0 Å². The van der Waals surface area contributed by atoms with Crippen LogP contribution in [0.25, 0.3) is 0 Å². The van der Waals surface area contributed by atoms with Gasteiger partial charge in [0.1, 0.15) is 0 Å². The zero-order chi connectivity index (χ0) is 11.3. The second-order valence-corrected chi connectivity index (χ2v) is 9.25. The molecule has 16 heavy (non-hydrogen) atoms. The molecule has 0 N–H and O–H groups in total. The van der Waals surface area contributed by atoms with Crippen molar-refractivity contribution in [1.82, 2.24) is 0 Å². The van der Waals surface area contributed by atoms with Gasteiger partial charge in [0.2, 0.25) is 0 Å². The van der Waals surface area contributed by atoms with Crippen LogP contribution < -0.4 is 56.3 Å². The Morgan fingerprint density at radius 2 is 2.00 bits per heavy atom. The summed E-state index contributed by atoms with van der Waals surface area (Å²) in [7, 11) is 0. The third-order valence-corrected chi connectivity index (χ3v) is 6.11. The molecule has 0 amide bonds. The maximum absolute atomic E-state index is 11.6. The number of hydrogen-bond acceptors (Lipinski definition) is 4. The summed E-state index contributed by atoms with van der Waals surface area (Å²) in [6.45, 7) is 2.16. The van der Waals surface area contributed by atoms with Crippen LogP contribution in [0, 0.1) is 0 Å². The molecule has 1 aromatic rings. The maximum Gasteiger partial charge on any atom is 1.00 e. The number of hydrogen-bond donors (Lipinski definition) is 0. The molecule has 0 saturated heterocycles. The molecule has 1 unspecified atom stereocenters. The third-order valence-electron chi connectivity index (χ3n) is 1.59. The first-order valence-electron chi connectivity index (χ1n) is 4.38. The third kappa shape index (κ3) is 7.49. The van der Waals surface area contributed by atoms with E-state index in [1.165, 1.54) is 11.4 Å². The Hall–Kier alpha value is 2.07. The Kier molecular flexibility index (Phi) is 10.2. The van der Waals surface area contributed by atoms with E-state index in [1.54, 1.807) is 19.1 Å². The van der Waals surface area contributed by atoms with Gasteiger partial charge in [-0.3, -0.25) is 0 Å². The zero-order valence-electron chi connectivity index (χ0n) is 9.18. The zero-order valence-corrected chi connectivity index (χ0v) is 15.6. The smallest absolute Gasteiger partial charge is 0.793 e. The van der Waals surface area contributed by atoms with Gasteiger partial charge in [-0.05, 0) is 24.6 Å². The molecule has 7 heteroatoms. The predicted molar refractivity (Wildman–Crippen MR) is 68.7 cm³/mol. The van der Waals surface area contributed by atoms with Crippen molar-refractivity contribution < 1.29 is 60.8 Å². The molecular weight excluding hydrogens is 310 g/mol. The molecule has 0 aliphatic rings. The minimum Gasteiger partial charge on any atom is -0.793 e. The van der Waals surface area contributed by atoms with E-state index in [0.29, 0.717) is 17.4 Å². The quantitative estimate of drug-likeness (QED) is 0.573. The van der Waals surface area contributed by atoms with E-state index in [9.17, 15) is 4.89 Å². The van der Waals surface area contributed by atoms with Gasteiger partial charge in [-0.2, -0.15) is 0 Å². The summed E-state index contributed by atoms with van der Waals surface area (Å²) in [4.78, 5) is 11.6. The van der Waals surface area contributed by atoms with Crippen LogP contribution in [0.15, 0.2) is 24.3 Å². The van der Waals surface area contributed by atoms with Gasteiger partial charge in [-0.1, -0.05) is 35.5 Å². The molecule has 0 fully saturated rings. The molecule has 0 aliphatic heterocycles. The standard InChI is InChI=1S/C9H12ClO2PS2.K/c1-2-12-13(11,14)15-7-8-3-5-9(10)6-4-8;/h3-6H,2,7H2,1H3,(H,11,14);/q;+1/p-1. The van der Waals surface area contributed by atoms with Crippen LogP contribution in [0.2, 0.25) is 5.02 Å². The fourth-order valence-electron chi connectivity index (χ4n) is 0.930. The van der Waals surface area contributed by atoms with Crippen LogP contribution >= 0.6 is 28.7 Å². The average molecular weight is 321 g/mol. The Labute approximate surface area is 153 Å². The first-order valence-corrected chi connectivity index (χ1v) is 8.99. The minimum atomic E-state index is -2.90. The minimum absolute atomic E-state index is 0. The summed E-state index contributed by atoms with van der Waals surface area (Å²) in [6, 6.07) is 7.37. The van der Waals surface area contributed by atoms with Gasteiger partial charge in [0.15, 0.2) is 0 Å². The molecule has 0 saturated carbocycles. The molecule has 0 bridgehead atoms. The fourth-order valence-corrected chi connectivity index (χ4v) is 4.20. The molecule has 1 rings (SSSR count). The molecule has 1 aromatic carbocycles. The Morgan fingerprint density at radius 1 is 1.44 bits per heavy atom. The number of halogens is 1. The van der Waals surface area contributed by atoms with Crippen molar-refractivity contribution in [3.63, 3.8) is 0 Å². The van der Waals surface area contributed by atoms with Gasteiger partial charge in [0.05, 0.1) is 0 Å². The first kappa shape index (κ1) is 18.1. The van der Waals surface area contributed by atoms with Crippen LogP contribution in [0.1, 0.15) is 12.5 Å². The Morgan fingerprint density at radius 3 is 2.50 bits per heavy atom. The number of benzene rings is 1. The van der Waals surface area contributed by atoms with E-state index >= 15 is 0 Å². The van der Waals surface area contributed by atoms with Crippen molar-refractivity contribution in [3.05, 3.63) is 34.9 Å². The van der Waals surface area contributed by atoms with Crippen LogP contribution in [-0.4, -0.2) is 6.61 Å². The van der Waals surface area contributed by atoms with E-state index in [2.05, 4.69) is 0 Å². The monoisotopic (exact) mass is 320 g/mol. The van der Waals surface area contributed by atoms with E-state index < -0.39 is 5.69 Å². The van der Waals surface area contributed by atoms with E-state index in [4.69, 9.17) is 27.9 Å². The van der Waals surface area contributed by atoms with E-state index in [-0.39, 0.29) is 51.4 Å². The number of rotatable bonds is 5. The molecular formula is C9H11ClKO2PS2. The topological polar surface area (TPSA) is 32.3 Å². The van der Waals surface area contributed by atoms with Gasteiger partial charge in [0, 0.05) is 23.1 Å². The van der Waals surface area contributed by atoms with Crippen LogP contribution in [0.4, 0.5) is 0 Å². The van der Waals surface area contributed by atoms with Crippen molar-refractivity contribution >= 4 is 40.5 Å². The van der Waals surface area contributed by atoms with Gasteiger partial charge in [-0.15, -0.1) is 11.4 Å². The van der Waals surface area contributed by atoms with Gasteiger partial charge in [-0.25, -0.2) is 0 Å². The molecule has 2 nitrogen and oxygen atoms in total. The van der Waals surface area contributed by atoms with Crippen molar-refractivity contribution in [2.45, 2.75) is 12.7 Å². The Bertz CT molecular complexity index is 361. The molecule has 0 aromatic heterocycles. The first-order chi connectivity index (χ1) is 7.03. The van der Waals surface area contributed by atoms with Crippen molar-refractivity contribution in [2.24, 2.45) is 0 Å². The van der Waals surface area contributed by atoms with Crippen molar-refractivity contribution in [1.29, 1.82) is 0 Å². The second kappa shape index (κ2) is 9.05. The summed E-state index contributed by atoms with van der Waals surface area (Å²) < 4.78 is 4.98. The normalized spacial score (nSPS) is 13.9. The van der Waals surface area contributed by atoms with Gasteiger partial charge < -0.3 is 9.42 Å². The van der Waals surface area contributed by atoms with E-state index in [0.717, 1.165) is 5.56 Å². The largest absolute Gasteiger partial charge is 1.00 e. The van der Waals surface area contributed by atoms with E-state index in [1.807, 2.05) is 12.1 Å². The molecule has 84 valence electrons. The maximum atomic E-state index is 11.6. The Balaban J connectivity index is 0.00000225. The van der Waals surface area contributed by atoms with Crippen molar-refractivity contribution in [2.75, 3.05) is 6.61 Å². The molecule has 0 radical (unpaired) electrons. The van der Waals surface area contributed by atoms with Crippen LogP contribution in [0.3, 0.4) is 0 Å². The van der Waals surface area contributed by atoms with Gasteiger partial charge in [0.25, 0.3) is 0 Å². The summed E-state index contributed by atoms with van der Waals surface area (Å²) in [5.74, 6) is 0.581.